The molecule has 5 aliphatic rings. The highest BCUT2D eigenvalue weighted by Crippen LogP contribution is 2.65. The number of hydrogen-bond acceptors (Lipinski definition) is 11. The first-order valence-electron chi connectivity index (χ1n) is 15.8. The number of carbonyl (C=O) groups excluding carboxylic acids is 4. The average Bonchev–Trinajstić information content (AvgIpc) is 3.92. The van der Waals surface area contributed by atoms with Gasteiger partial charge >= 0.3 is 0 Å². The van der Waals surface area contributed by atoms with Crippen molar-refractivity contribution < 1.29 is 41.5 Å². The topological polar surface area (TPSA) is 102 Å². The van der Waals surface area contributed by atoms with Crippen molar-refractivity contribution in [2.24, 2.45) is 0 Å². The minimum absolute atomic E-state index is 0.130. The monoisotopic (exact) mass is 762 g/mol. The number of nitrogens with one attached hydrogen (secondary N) is 1. The van der Waals surface area contributed by atoms with Crippen molar-refractivity contribution in [1.29, 1.82) is 0 Å². The number of benzene rings is 2. The summed E-state index contributed by atoms with van der Waals surface area (Å²) in [6.07, 6.45) is 7.37. The standard InChI is InChI=1S/C36H18F4N2O5S4/c37-18-6-12-13(7-19(18)38)26(44)16(25(12)43)10-22-41-34-31(48-22)24-30(50-34)32-29(47-36(24)4-2-1-3-5-36)33-35(51-32)42-23(49-33)11-17-27(45)14-8-20(39)21(40)9-15(14)28(17)46/h6-11,22,41H,1-5H2. The Morgan fingerprint density at radius 2 is 1.31 bits per heavy atom. The van der Waals surface area contributed by atoms with Crippen LogP contribution in [0.25, 0.3) is 25.4 Å². The van der Waals surface area contributed by atoms with E-state index in [1.165, 1.54) is 46.6 Å². The van der Waals surface area contributed by atoms with Gasteiger partial charge in [-0.15, -0.1) is 34.0 Å². The molecule has 254 valence electrons. The van der Waals surface area contributed by atoms with Gasteiger partial charge in [0.2, 0.25) is 0 Å². The lowest BCUT2D eigenvalue weighted by Crippen LogP contribution is -2.37. The molecule has 2 aliphatic heterocycles. The van der Waals surface area contributed by atoms with Crippen molar-refractivity contribution in [2.75, 3.05) is 5.32 Å². The summed E-state index contributed by atoms with van der Waals surface area (Å²) in [6.45, 7) is 0. The van der Waals surface area contributed by atoms with Gasteiger partial charge in [0.05, 0.1) is 31.2 Å². The summed E-state index contributed by atoms with van der Waals surface area (Å²) in [4.78, 5) is 60.4. The van der Waals surface area contributed by atoms with Crippen LogP contribution in [0.4, 0.5) is 22.6 Å². The number of rotatable bonds is 2. The molecule has 1 N–H and O–H groups in total. The van der Waals surface area contributed by atoms with E-state index in [4.69, 9.17) is 9.72 Å². The number of allylic oxidation sites excluding steroid dienone is 2. The van der Waals surface area contributed by atoms with E-state index in [0.717, 1.165) is 86.3 Å². The predicted molar refractivity (Wildman–Crippen MR) is 186 cm³/mol. The maximum atomic E-state index is 13.9. The van der Waals surface area contributed by atoms with Crippen molar-refractivity contribution >= 4 is 89.5 Å². The van der Waals surface area contributed by atoms with E-state index in [2.05, 4.69) is 5.32 Å². The summed E-state index contributed by atoms with van der Waals surface area (Å²) in [5.74, 6) is -6.73. The number of thioether (sulfide) groups is 1. The van der Waals surface area contributed by atoms with Crippen LogP contribution in [0.1, 0.15) is 84.1 Å². The Morgan fingerprint density at radius 3 is 1.90 bits per heavy atom. The molecule has 0 radical (unpaired) electrons. The van der Waals surface area contributed by atoms with Crippen molar-refractivity contribution in [1.82, 2.24) is 4.98 Å². The molecule has 15 heteroatoms. The predicted octanol–water partition coefficient (Wildman–Crippen LogP) is 9.51. The van der Waals surface area contributed by atoms with E-state index >= 15 is 0 Å². The lowest BCUT2D eigenvalue weighted by atomic mass is 9.78. The molecule has 1 unspecified atom stereocenters. The SMILES string of the molecule is O=C1C(=Cc2nc3sc4c(c3s2)OC2(CCCCC2)c2c-4sc3c2SC(C=C2C(=O)c4cc(F)c(F)cc4C2=O)N3)C(=O)c2cc(F)c(F)cc21. The van der Waals surface area contributed by atoms with E-state index in [0.29, 0.717) is 15.6 Å². The summed E-state index contributed by atoms with van der Waals surface area (Å²) in [7, 11) is 0. The van der Waals surface area contributed by atoms with Crippen LogP contribution < -0.4 is 10.1 Å². The number of thiazole rings is 1. The van der Waals surface area contributed by atoms with E-state index in [-0.39, 0.29) is 33.4 Å². The second-order valence-corrected chi connectivity index (χ2v) is 17.0. The summed E-state index contributed by atoms with van der Waals surface area (Å²) in [5.41, 5.74) is -0.572. The summed E-state index contributed by atoms with van der Waals surface area (Å²) in [6, 6.07) is 3.04. The van der Waals surface area contributed by atoms with E-state index < -0.39 is 57.4 Å². The zero-order valence-electron chi connectivity index (χ0n) is 25.7. The van der Waals surface area contributed by atoms with Crippen LogP contribution in [-0.2, 0) is 5.60 Å². The highest BCUT2D eigenvalue weighted by atomic mass is 32.2. The van der Waals surface area contributed by atoms with Gasteiger partial charge in [-0.25, -0.2) is 22.5 Å². The van der Waals surface area contributed by atoms with Gasteiger partial charge in [0, 0.05) is 27.8 Å². The number of halogens is 4. The van der Waals surface area contributed by atoms with Gasteiger partial charge in [-0.1, -0.05) is 18.2 Å². The van der Waals surface area contributed by atoms with Crippen LogP contribution in [0.3, 0.4) is 0 Å². The molecule has 1 atom stereocenters. The molecular formula is C36H18F4N2O5S4. The molecule has 7 nitrogen and oxygen atoms in total. The maximum absolute atomic E-state index is 13.9. The third kappa shape index (κ3) is 4.38. The van der Waals surface area contributed by atoms with Crippen LogP contribution in [0.15, 0.2) is 46.4 Å². The molecule has 10 rings (SSSR count). The van der Waals surface area contributed by atoms with Crippen LogP contribution >= 0.6 is 45.8 Å². The van der Waals surface area contributed by atoms with Crippen molar-refractivity contribution in [2.45, 2.75) is 48.0 Å². The van der Waals surface area contributed by atoms with Gasteiger partial charge in [0.15, 0.2) is 52.2 Å². The zero-order chi connectivity index (χ0) is 35.1. The highest BCUT2D eigenvalue weighted by molar-refractivity contribution is 8.01. The average molecular weight is 763 g/mol. The number of thiophene rings is 2. The first-order valence-corrected chi connectivity index (χ1v) is 19.2. The van der Waals surface area contributed by atoms with E-state index in [9.17, 15) is 36.7 Å². The molecule has 2 aromatic carbocycles. The Bertz CT molecular complexity index is 2510. The number of aromatic nitrogens is 1. The van der Waals surface area contributed by atoms with E-state index in [1.807, 2.05) is 0 Å². The molecule has 1 fully saturated rings. The van der Waals surface area contributed by atoms with Crippen molar-refractivity contribution in [3.05, 3.63) is 97.6 Å². The Hall–Kier alpha value is -4.44. The van der Waals surface area contributed by atoms with Crippen molar-refractivity contribution in [3.63, 3.8) is 0 Å². The Labute approximate surface area is 301 Å². The lowest BCUT2D eigenvalue weighted by Gasteiger charge is -2.41. The molecule has 51 heavy (non-hydrogen) atoms. The maximum Gasteiger partial charge on any atom is 0.197 e. The molecule has 0 bridgehead atoms. The van der Waals surface area contributed by atoms with Crippen molar-refractivity contribution in [3.8, 4) is 15.5 Å². The molecule has 0 amide bonds. The normalized spacial score (nSPS) is 19.6. The number of anilines is 1. The number of ketones is 4. The molecule has 1 saturated carbocycles. The number of Topliss-reactive ketones (excluding diaryl/α,β-unsaturated/α-hetero) is 4. The minimum atomic E-state index is -1.20. The second-order valence-electron chi connectivity index (χ2n) is 12.8. The Balaban J connectivity index is 1.01. The molecule has 5 heterocycles. The number of nitrogens with zero attached hydrogens (tertiary/aromatic N) is 1. The van der Waals surface area contributed by atoms with Crippen LogP contribution in [-0.4, -0.2) is 33.5 Å². The van der Waals surface area contributed by atoms with Gasteiger partial charge in [-0.05, 0) is 62.1 Å². The quantitative estimate of drug-likeness (QED) is 0.108. The van der Waals surface area contributed by atoms with Crippen LogP contribution in [0.5, 0.6) is 5.75 Å². The minimum Gasteiger partial charge on any atom is -0.479 e. The van der Waals surface area contributed by atoms with Gasteiger partial charge < -0.3 is 10.1 Å². The summed E-state index contributed by atoms with van der Waals surface area (Å²) in [5, 5.41) is 4.21. The smallest absolute Gasteiger partial charge is 0.197 e. The first kappa shape index (κ1) is 31.3. The number of ether oxygens (including phenoxy) is 1. The number of carbonyl (C=O) groups is 4. The first-order chi connectivity index (χ1) is 24.5. The lowest BCUT2D eigenvalue weighted by molar-refractivity contribution is 0.0243. The van der Waals surface area contributed by atoms with Gasteiger partial charge in [-0.3, -0.25) is 19.2 Å². The molecule has 1 spiro atoms. The van der Waals surface area contributed by atoms with Crippen LogP contribution in [0, 0.1) is 23.3 Å². The largest absolute Gasteiger partial charge is 0.479 e. The van der Waals surface area contributed by atoms with Gasteiger partial charge in [-0.2, -0.15) is 0 Å². The van der Waals surface area contributed by atoms with Gasteiger partial charge in [0.25, 0.3) is 0 Å². The zero-order valence-corrected chi connectivity index (χ0v) is 29.0. The fraction of sp³-hybridized carbons (Fsp3) is 0.194. The molecule has 5 aromatic rings. The third-order valence-corrected chi connectivity index (χ3v) is 14.7. The summed E-state index contributed by atoms with van der Waals surface area (Å²) >= 11 is 5.71. The molecule has 0 saturated heterocycles. The Kier molecular flexibility index (Phi) is 6.62. The van der Waals surface area contributed by atoms with E-state index in [1.54, 1.807) is 11.3 Å². The van der Waals surface area contributed by atoms with Crippen LogP contribution in [0.2, 0.25) is 0 Å². The summed E-state index contributed by atoms with van der Waals surface area (Å²) < 4.78 is 63.3. The Morgan fingerprint density at radius 1 is 0.745 bits per heavy atom. The van der Waals surface area contributed by atoms with Gasteiger partial charge in [0.1, 0.15) is 25.1 Å². The molecule has 3 aromatic heterocycles. The fourth-order valence-electron chi connectivity index (χ4n) is 7.55. The third-order valence-electron chi connectivity index (χ3n) is 9.89. The number of hydrogen-bond donors (Lipinski definition) is 1. The second kappa shape index (κ2) is 10.8. The number of fused-ring (bicyclic) bond motifs is 10. The molecular weight excluding hydrogens is 745 g/mol. The fourth-order valence-corrected chi connectivity index (χ4v) is 12.8. The molecule has 3 aliphatic carbocycles. The highest BCUT2D eigenvalue weighted by Gasteiger charge is 2.49.